The number of fused-ring (bicyclic) bond motifs is 2. The minimum absolute atomic E-state index is 0.0931. The molecule has 5 heterocycles. The highest BCUT2D eigenvalue weighted by molar-refractivity contribution is 6.31. The summed E-state index contributed by atoms with van der Waals surface area (Å²) in [4.78, 5) is 75.1. The molecule has 3 aliphatic rings. The van der Waals surface area contributed by atoms with Crippen molar-refractivity contribution in [3.63, 3.8) is 0 Å². The number of piperidine rings is 2. The Morgan fingerprint density at radius 1 is 0.685 bits per heavy atom. The van der Waals surface area contributed by atoms with E-state index in [0.717, 1.165) is 35.3 Å². The van der Waals surface area contributed by atoms with Gasteiger partial charge in [-0.2, -0.15) is 5.10 Å². The van der Waals surface area contributed by atoms with Crippen molar-refractivity contribution in [3.05, 3.63) is 131 Å². The van der Waals surface area contributed by atoms with E-state index in [1.807, 2.05) is 70.2 Å². The zero-order valence-electron chi connectivity index (χ0n) is 51.3. The lowest BCUT2D eigenvalue weighted by Crippen LogP contribution is -2.52. The summed E-state index contributed by atoms with van der Waals surface area (Å²) in [6.45, 7) is 9.04. The van der Waals surface area contributed by atoms with Crippen LogP contribution in [0.2, 0.25) is 5.02 Å². The molecule has 4 aromatic carbocycles. The number of nitrogen functional groups attached to an aromatic ring is 1. The Morgan fingerprint density at radius 2 is 1.30 bits per heavy atom. The van der Waals surface area contributed by atoms with Crippen LogP contribution in [-0.4, -0.2) is 204 Å². The van der Waals surface area contributed by atoms with Crippen LogP contribution in [0.15, 0.2) is 109 Å². The van der Waals surface area contributed by atoms with Gasteiger partial charge in [-0.3, -0.25) is 24.5 Å². The molecular weight excluding hydrogens is 1210 g/mol. The highest BCUT2D eigenvalue weighted by Gasteiger charge is 2.39. The number of likely N-dealkylation sites (tertiary alicyclic amines) is 1. The quantitative estimate of drug-likeness (QED) is 0.0181. The summed E-state index contributed by atoms with van der Waals surface area (Å²) in [6.07, 6.45) is 6.82. The number of urea groups is 1. The van der Waals surface area contributed by atoms with Gasteiger partial charge in [0.25, 0.3) is 5.91 Å². The van der Waals surface area contributed by atoms with E-state index in [0.29, 0.717) is 176 Å². The Hall–Kier alpha value is -8.15. The standard InChI is InChI=1S/C65H79ClN10O16/c66-49-39-50(71-65(81)68-42-46-10-15-55-48(38-46)43-75(64(55)80)56-16-17-57(77)72-63(56)79)41-54(40-49)91-37-36-90-35-34-89-33-32-88-31-30-87-29-28-86-27-26-85-25-24-84-23-22-83-21-20-82-19-5-9-58(78)74-18-4-6-51(44-74)76-62-59(61(67)69-45-70-62)60(73-76)47-11-13-53(14-12-47)92-52-7-2-1-3-8-52/h1-3,5,7-15,38-41,45,51,56H,4,6,16-37,42-44H2,(H2,67,69,70)(H2,68,71,81)(H,72,77,79)/b9-5+/t51-,56?/m1/s1. The van der Waals surface area contributed by atoms with Gasteiger partial charge in [0, 0.05) is 66.6 Å². The van der Waals surface area contributed by atoms with Crippen molar-refractivity contribution in [2.45, 2.75) is 50.9 Å². The molecule has 0 saturated carbocycles. The second-order valence-corrected chi connectivity index (χ2v) is 21.8. The number of nitrogens with zero attached hydrogens (tertiary/aromatic N) is 6. The Bertz CT molecular complexity index is 3380. The highest BCUT2D eigenvalue weighted by atomic mass is 35.5. The van der Waals surface area contributed by atoms with Gasteiger partial charge in [0.1, 0.15) is 47.7 Å². The lowest BCUT2D eigenvalue weighted by atomic mass is 10.0. The van der Waals surface area contributed by atoms with Crippen molar-refractivity contribution in [3.8, 4) is 28.5 Å². The molecule has 492 valence electrons. The average Bonchev–Trinajstić information content (AvgIpc) is 1.67. The summed E-state index contributed by atoms with van der Waals surface area (Å²) < 4.78 is 63.9. The monoisotopic (exact) mass is 1290 g/mol. The van der Waals surface area contributed by atoms with E-state index < -0.39 is 18.0 Å². The Balaban J connectivity index is 0.503. The predicted octanol–water partition coefficient (Wildman–Crippen LogP) is 6.55. The fraction of sp³-hybridized carbons (Fsp3) is 0.446. The molecule has 6 amide bonds. The third-order valence-electron chi connectivity index (χ3n) is 14.8. The van der Waals surface area contributed by atoms with Gasteiger partial charge in [-0.15, -0.1) is 0 Å². The SMILES string of the molecule is Nc1ncnc2c1c(-c1ccc(Oc3ccccc3)cc1)nn2[C@@H]1CCCN(C(=O)/C=C/COCCOCCOCCOCCOCCOCCOCCOCCOCCOc2cc(Cl)cc(NC(=O)NCc3ccc4c(c3)CN(C3CCC(=O)NC3=O)C4=O)c2)C1. The van der Waals surface area contributed by atoms with E-state index in [4.69, 9.17) is 74.5 Å². The van der Waals surface area contributed by atoms with Gasteiger partial charge < -0.3 is 78.3 Å². The van der Waals surface area contributed by atoms with Crippen molar-refractivity contribution in [1.82, 2.24) is 40.2 Å². The van der Waals surface area contributed by atoms with Crippen molar-refractivity contribution in [1.29, 1.82) is 0 Å². The van der Waals surface area contributed by atoms with E-state index in [2.05, 4.69) is 25.9 Å². The minimum Gasteiger partial charge on any atom is -0.491 e. The van der Waals surface area contributed by atoms with Gasteiger partial charge >= 0.3 is 6.03 Å². The van der Waals surface area contributed by atoms with E-state index in [1.165, 1.54) is 11.2 Å². The van der Waals surface area contributed by atoms with Gasteiger partial charge in [-0.05, 0) is 85.0 Å². The molecule has 2 fully saturated rings. The molecule has 0 aliphatic carbocycles. The van der Waals surface area contributed by atoms with Crippen LogP contribution in [0.1, 0.15) is 53.2 Å². The number of anilines is 2. The maximum atomic E-state index is 13.2. The predicted molar refractivity (Wildman–Crippen MR) is 338 cm³/mol. The smallest absolute Gasteiger partial charge is 0.319 e. The number of aromatic nitrogens is 4. The van der Waals surface area contributed by atoms with Crippen LogP contribution in [-0.2, 0) is 70.1 Å². The minimum atomic E-state index is -0.701. The van der Waals surface area contributed by atoms with Crippen LogP contribution >= 0.6 is 11.6 Å². The summed E-state index contributed by atoms with van der Waals surface area (Å²) in [5.74, 6) is 1.07. The van der Waals surface area contributed by atoms with Crippen molar-refractivity contribution in [2.24, 2.45) is 0 Å². The molecule has 0 bridgehead atoms. The molecule has 2 saturated heterocycles. The molecule has 92 heavy (non-hydrogen) atoms. The number of carbonyl (C=O) groups excluding carboxylic acids is 5. The number of halogens is 1. The molecule has 5 N–H and O–H groups in total. The molecule has 26 nitrogen and oxygen atoms in total. The van der Waals surface area contributed by atoms with Crippen molar-refractivity contribution >= 4 is 63.8 Å². The van der Waals surface area contributed by atoms with Crippen molar-refractivity contribution in [2.75, 3.05) is 150 Å². The third-order valence-corrected chi connectivity index (χ3v) is 15.0. The lowest BCUT2D eigenvalue weighted by Gasteiger charge is -2.32. The summed E-state index contributed by atoms with van der Waals surface area (Å²) in [5.41, 5.74) is 11.0. The molecule has 2 atom stereocenters. The maximum Gasteiger partial charge on any atom is 0.319 e. The molecule has 0 spiro atoms. The summed E-state index contributed by atoms with van der Waals surface area (Å²) in [7, 11) is 0. The zero-order valence-corrected chi connectivity index (χ0v) is 52.1. The Morgan fingerprint density at radius 3 is 1.95 bits per heavy atom. The maximum absolute atomic E-state index is 13.2. The fourth-order valence-corrected chi connectivity index (χ4v) is 10.5. The Kier molecular flexibility index (Phi) is 27.3. The molecular formula is C65H79ClN10O16. The number of imide groups is 1. The van der Waals surface area contributed by atoms with E-state index in [1.54, 1.807) is 42.5 Å². The van der Waals surface area contributed by atoms with E-state index in [-0.39, 0.29) is 62.9 Å². The zero-order chi connectivity index (χ0) is 64.1. The largest absolute Gasteiger partial charge is 0.491 e. The number of ether oxygens (including phenoxy) is 11. The van der Waals surface area contributed by atoms with Gasteiger partial charge in [0.15, 0.2) is 5.65 Å². The molecule has 6 aromatic rings. The first-order valence-corrected chi connectivity index (χ1v) is 31.2. The van der Waals surface area contributed by atoms with Crippen LogP contribution in [0.5, 0.6) is 17.2 Å². The topological polar surface area (TPSA) is 299 Å². The number of hydrogen-bond donors (Lipinski definition) is 4. The van der Waals surface area contributed by atoms with Gasteiger partial charge in [-0.1, -0.05) is 48.0 Å². The van der Waals surface area contributed by atoms with Gasteiger partial charge in [0.05, 0.1) is 130 Å². The normalized spacial score (nSPS) is 15.7. The van der Waals surface area contributed by atoms with Crippen molar-refractivity contribution < 1.29 is 76.1 Å². The second kappa shape index (κ2) is 36.8. The molecule has 3 aliphatic heterocycles. The third kappa shape index (κ3) is 21.2. The number of amides is 6. The lowest BCUT2D eigenvalue weighted by molar-refractivity contribution is -0.137. The molecule has 0 radical (unpaired) electrons. The first kappa shape index (κ1) is 68.2. The summed E-state index contributed by atoms with van der Waals surface area (Å²) in [6, 6.07) is 26.1. The molecule has 1 unspecified atom stereocenters. The Labute approximate surface area is 538 Å². The van der Waals surface area contributed by atoms with Crippen LogP contribution < -0.4 is 31.2 Å². The number of nitrogens with one attached hydrogen (secondary N) is 3. The number of carbonyl (C=O) groups is 5. The van der Waals surface area contributed by atoms with Gasteiger partial charge in [0.2, 0.25) is 17.7 Å². The van der Waals surface area contributed by atoms with Crippen LogP contribution in [0.3, 0.4) is 0 Å². The van der Waals surface area contributed by atoms with Crippen LogP contribution in [0, 0.1) is 0 Å². The number of benzene rings is 4. The summed E-state index contributed by atoms with van der Waals surface area (Å²) >= 11 is 6.30. The van der Waals surface area contributed by atoms with E-state index in [9.17, 15) is 24.0 Å². The first-order chi connectivity index (χ1) is 45.1. The molecule has 2 aromatic heterocycles. The first-order valence-electron chi connectivity index (χ1n) is 30.8. The summed E-state index contributed by atoms with van der Waals surface area (Å²) in [5, 5.41) is 13.9. The molecule has 9 rings (SSSR count). The van der Waals surface area contributed by atoms with Gasteiger partial charge in [-0.25, -0.2) is 19.4 Å². The second-order valence-electron chi connectivity index (χ2n) is 21.4. The van der Waals surface area contributed by atoms with Crippen LogP contribution in [0.4, 0.5) is 16.3 Å². The fourth-order valence-electron chi connectivity index (χ4n) is 10.3. The van der Waals surface area contributed by atoms with E-state index >= 15 is 0 Å². The molecule has 27 heteroatoms. The van der Waals surface area contributed by atoms with Crippen LogP contribution in [0.25, 0.3) is 22.3 Å². The number of para-hydroxylation sites is 1. The average molecular weight is 1290 g/mol. The number of rotatable bonds is 39. The highest BCUT2D eigenvalue weighted by Crippen LogP contribution is 2.35. The number of nitrogens with two attached hydrogens (primary N) is 1. The number of hydrogen-bond acceptors (Lipinski definition) is 20.